The molecule has 0 aliphatic carbocycles. The number of rotatable bonds is 7. The van der Waals surface area contributed by atoms with Crippen LogP contribution >= 0.6 is 12.2 Å². The van der Waals surface area contributed by atoms with Crippen LogP contribution in [0.3, 0.4) is 0 Å². The highest BCUT2D eigenvalue weighted by Crippen LogP contribution is 2.27. The van der Waals surface area contributed by atoms with Crippen LogP contribution in [0.15, 0.2) is 24.4 Å². The van der Waals surface area contributed by atoms with Gasteiger partial charge in [-0.15, -0.1) is 0 Å². The molecule has 1 heterocycles. The summed E-state index contributed by atoms with van der Waals surface area (Å²) in [6.07, 6.45) is 3.76. The first kappa shape index (κ1) is 21.9. The predicted octanol–water partition coefficient (Wildman–Crippen LogP) is 4.79. The van der Waals surface area contributed by atoms with E-state index < -0.39 is 11.7 Å². The van der Waals surface area contributed by atoms with Crippen molar-refractivity contribution in [2.45, 2.75) is 52.6 Å². The van der Waals surface area contributed by atoms with Crippen LogP contribution in [-0.2, 0) is 11.2 Å². The summed E-state index contributed by atoms with van der Waals surface area (Å²) in [6.45, 7) is 7.60. The largest absolute Gasteiger partial charge is 0.497 e. The second-order valence-corrected chi connectivity index (χ2v) is 7.80. The van der Waals surface area contributed by atoms with Crippen molar-refractivity contribution in [3.8, 4) is 11.5 Å². The number of methoxy groups -OCH3 is 2. The van der Waals surface area contributed by atoms with Crippen molar-refractivity contribution in [2.24, 2.45) is 0 Å². The maximum Gasteiger partial charge on any atom is 0.420 e. The molecule has 2 rings (SSSR count). The third kappa shape index (κ3) is 5.32. The van der Waals surface area contributed by atoms with E-state index in [-0.39, 0.29) is 0 Å². The molecule has 0 spiro atoms. The van der Waals surface area contributed by atoms with E-state index in [0.29, 0.717) is 39.9 Å². The molecule has 0 radical (unpaired) electrons. The summed E-state index contributed by atoms with van der Waals surface area (Å²) in [4.78, 5) is 17.8. The topological polar surface area (TPSA) is 62.6 Å². The van der Waals surface area contributed by atoms with E-state index in [1.54, 1.807) is 26.5 Å². The Bertz CT molecular complexity index is 853. The smallest absolute Gasteiger partial charge is 0.420 e. The van der Waals surface area contributed by atoms with Crippen molar-refractivity contribution in [2.75, 3.05) is 14.2 Å². The first-order valence-corrected chi connectivity index (χ1v) is 9.69. The van der Waals surface area contributed by atoms with Gasteiger partial charge in [0.1, 0.15) is 28.6 Å². The average Bonchev–Trinajstić information content (AvgIpc) is 3.08. The van der Waals surface area contributed by atoms with Gasteiger partial charge in [0.15, 0.2) is 0 Å². The van der Waals surface area contributed by atoms with Crippen LogP contribution < -0.4 is 9.47 Å². The molecule has 0 N–H and O–H groups in total. The van der Waals surface area contributed by atoms with E-state index >= 15 is 0 Å². The van der Waals surface area contributed by atoms with Crippen molar-refractivity contribution in [3.05, 3.63) is 41.5 Å². The zero-order valence-corrected chi connectivity index (χ0v) is 18.2. The number of carbonyl (C=O) groups excluding carboxylic acids is 1. The maximum absolute atomic E-state index is 12.6. The van der Waals surface area contributed by atoms with Gasteiger partial charge in [0.2, 0.25) is 0 Å². The molecule has 7 heteroatoms. The summed E-state index contributed by atoms with van der Waals surface area (Å²) in [5.41, 5.74) is 0.660. The molecule has 1 aromatic carbocycles. The van der Waals surface area contributed by atoms with E-state index in [2.05, 4.69) is 11.9 Å². The van der Waals surface area contributed by atoms with Crippen LogP contribution in [0.4, 0.5) is 4.79 Å². The summed E-state index contributed by atoms with van der Waals surface area (Å²) in [5, 5.41) is 0. The SMILES string of the molecule is CCCCc1nc(C(=S)c2ccc(OC)cc2OC)cn1C(=O)OC(C)(C)C. The van der Waals surface area contributed by atoms with Gasteiger partial charge < -0.3 is 14.2 Å². The van der Waals surface area contributed by atoms with E-state index in [1.807, 2.05) is 32.9 Å². The van der Waals surface area contributed by atoms with Gasteiger partial charge in [0.05, 0.1) is 19.1 Å². The maximum atomic E-state index is 12.6. The fourth-order valence-electron chi connectivity index (χ4n) is 2.63. The summed E-state index contributed by atoms with van der Waals surface area (Å²) < 4.78 is 17.7. The number of thiocarbonyl (C=S) groups is 1. The molecule has 1 aromatic heterocycles. The Balaban J connectivity index is 2.42. The van der Waals surface area contributed by atoms with Gasteiger partial charge in [-0.1, -0.05) is 25.6 Å². The molecule has 0 atom stereocenters. The number of benzene rings is 1. The Morgan fingerprint density at radius 2 is 1.93 bits per heavy atom. The lowest BCUT2D eigenvalue weighted by Crippen LogP contribution is -2.27. The molecule has 28 heavy (non-hydrogen) atoms. The average molecular weight is 405 g/mol. The van der Waals surface area contributed by atoms with E-state index in [9.17, 15) is 4.79 Å². The Labute approximate surface area is 171 Å². The van der Waals surface area contributed by atoms with Gasteiger partial charge in [-0.3, -0.25) is 0 Å². The fraction of sp³-hybridized carbons (Fsp3) is 0.476. The molecular weight excluding hydrogens is 376 g/mol. The fourth-order valence-corrected chi connectivity index (χ4v) is 2.90. The molecule has 0 aliphatic rings. The minimum absolute atomic E-state index is 0.457. The van der Waals surface area contributed by atoms with Crippen molar-refractivity contribution in [3.63, 3.8) is 0 Å². The van der Waals surface area contributed by atoms with Crippen LogP contribution in [0.1, 0.15) is 57.6 Å². The molecule has 0 amide bonds. The monoisotopic (exact) mass is 404 g/mol. The van der Waals surface area contributed by atoms with Crippen LogP contribution in [-0.4, -0.2) is 40.3 Å². The highest BCUT2D eigenvalue weighted by molar-refractivity contribution is 7.81. The number of hydrogen-bond acceptors (Lipinski definition) is 6. The van der Waals surface area contributed by atoms with Gasteiger partial charge >= 0.3 is 6.09 Å². The first-order valence-electron chi connectivity index (χ1n) is 9.28. The summed E-state index contributed by atoms with van der Waals surface area (Å²) in [5.74, 6) is 1.90. The lowest BCUT2D eigenvalue weighted by atomic mass is 10.1. The Hall–Kier alpha value is -2.41. The van der Waals surface area contributed by atoms with Gasteiger partial charge in [0, 0.05) is 24.2 Å². The quantitative estimate of drug-likeness (QED) is 0.488. The Kier molecular flexibility index (Phi) is 7.18. The number of carbonyl (C=O) groups is 1. The highest BCUT2D eigenvalue weighted by Gasteiger charge is 2.23. The first-order chi connectivity index (χ1) is 13.2. The molecule has 6 nitrogen and oxygen atoms in total. The molecule has 0 unspecified atom stereocenters. The van der Waals surface area contributed by atoms with Crippen LogP contribution in [0.5, 0.6) is 11.5 Å². The lowest BCUT2D eigenvalue weighted by Gasteiger charge is -2.20. The minimum atomic E-state index is -0.594. The summed E-state index contributed by atoms with van der Waals surface area (Å²) in [6, 6.07) is 5.41. The normalized spacial score (nSPS) is 11.2. The minimum Gasteiger partial charge on any atom is -0.497 e. The van der Waals surface area contributed by atoms with E-state index in [1.165, 1.54) is 4.57 Å². The van der Waals surface area contributed by atoms with E-state index in [4.69, 9.17) is 26.4 Å². The van der Waals surface area contributed by atoms with Crippen LogP contribution in [0.2, 0.25) is 0 Å². The van der Waals surface area contributed by atoms with Crippen molar-refractivity contribution in [1.82, 2.24) is 9.55 Å². The number of aromatic nitrogens is 2. The zero-order valence-electron chi connectivity index (χ0n) is 17.4. The molecule has 2 aromatic rings. The van der Waals surface area contributed by atoms with Gasteiger partial charge in [-0.2, -0.15) is 0 Å². The predicted molar refractivity (Wildman–Crippen MR) is 113 cm³/mol. The number of imidazole rings is 1. The Morgan fingerprint density at radius 3 is 2.50 bits per heavy atom. The van der Waals surface area contributed by atoms with Crippen LogP contribution in [0, 0.1) is 0 Å². The van der Waals surface area contributed by atoms with Crippen LogP contribution in [0.25, 0.3) is 0 Å². The number of ether oxygens (including phenoxy) is 3. The van der Waals surface area contributed by atoms with Gasteiger partial charge in [0.25, 0.3) is 0 Å². The number of aryl methyl sites for hydroxylation is 1. The standard InChI is InChI=1S/C21H28N2O4S/c1-7-8-9-18-22-16(13-23(18)20(24)27-21(2,3)4)19(28)15-11-10-14(25-5)12-17(15)26-6/h10-13H,7-9H2,1-6H3. The summed E-state index contributed by atoms with van der Waals surface area (Å²) in [7, 11) is 3.17. The van der Waals surface area contributed by atoms with Gasteiger partial charge in [-0.05, 0) is 39.3 Å². The zero-order chi connectivity index (χ0) is 20.9. The lowest BCUT2D eigenvalue weighted by molar-refractivity contribution is 0.0531. The Morgan fingerprint density at radius 1 is 1.21 bits per heavy atom. The number of hydrogen-bond donors (Lipinski definition) is 0. The number of nitrogens with zero attached hydrogens (tertiary/aromatic N) is 2. The van der Waals surface area contributed by atoms with E-state index in [0.717, 1.165) is 12.8 Å². The molecule has 0 bridgehead atoms. The third-order valence-electron chi connectivity index (χ3n) is 4.01. The van der Waals surface area contributed by atoms with Crippen molar-refractivity contribution >= 4 is 23.2 Å². The van der Waals surface area contributed by atoms with Gasteiger partial charge in [-0.25, -0.2) is 14.3 Å². The molecule has 0 saturated carbocycles. The molecule has 0 saturated heterocycles. The summed E-state index contributed by atoms with van der Waals surface area (Å²) >= 11 is 5.65. The molecule has 152 valence electrons. The second kappa shape index (κ2) is 9.19. The molecule has 0 aliphatic heterocycles. The third-order valence-corrected chi connectivity index (χ3v) is 4.44. The second-order valence-electron chi connectivity index (χ2n) is 7.39. The number of unbranched alkanes of at least 4 members (excludes halogenated alkanes) is 1. The molecular formula is C21H28N2O4S. The highest BCUT2D eigenvalue weighted by atomic mass is 32.1. The van der Waals surface area contributed by atoms with Crippen molar-refractivity contribution in [1.29, 1.82) is 0 Å². The molecule has 0 fully saturated rings. The van der Waals surface area contributed by atoms with Crippen molar-refractivity contribution < 1.29 is 19.0 Å².